The highest BCUT2D eigenvalue weighted by molar-refractivity contribution is 4.91. The lowest BCUT2D eigenvalue weighted by atomic mass is 10.4. The first-order valence-corrected chi connectivity index (χ1v) is 4.80. The molecule has 0 spiro atoms. The fraction of sp³-hybridized carbons (Fsp3) is 0.667. The van der Waals surface area contributed by atoms with Gasteiger partial charge in [0.15, 0.2) is 0 Å². The minimum Gasteiger partial charge on any atom is -0.267 e. The maximum atomic E-state index is 11.6. The topological polar surface area (TPSA) is 56.9 Å². The molecule has 14 heavy (non-hydrogen) atoms. The summed E-state index contributed by atoms with van der Waals surface area (Å²) in [6, 6.07) is 0. The van der Waals surface area contributed by atoms with Gasteiger partial charge in [-0.1, -0.05) is 6.92 Å². The second kappa shape index (κ2) is 4.21. The molecular formula is C9H15N3O2. The third-order valence-electron chi connectivity index (χ3n) is 2.02. The molecule has 0 unspecified atom stereocenters. The Morgan fingerprint density at radius 3 is 2.43 bits per heavy atom. The quantitative estimate of drug-likeness (QED) is 0.692. The van der Waals surface area contributed by atoms with Crippen LogP contribution in [0.25, 0.3) is 0 Å². The van der Waals surface area contributed by atoms with E-state index in [0.29, 0.717) is 18.8 Å². The average Bonchev–Trinajstić information content (AvgIpc) is 2.18. The van der Waals surface area contributed by atoms with Gasteiger partial charge in [0.2, 0.25) is 0 Å². The molecule has 5 heteroatoms. The van der Waals surface area contributed by atoms with Crippen LogP contribution in [0.3, 0.4) is 0 Å². The van der Waals surface area contributed by atoms with Gasteiger partial charge >= 0.3 is 5.69 Å². The van der Waals surface area contributed by atoms with Crippen molar-refractivity contribution in [2.45, 2.75) is 40.3 Å². The maximum absolute atomic E-state index is 11.6. The Bertz CT molecular complexity index is 431. The van der Waals surface area contributed by atoms with Crippen LogP contribution < -0.4 is 11.2 Å². The zero-order valence-corrected chi connectivity index (χ0v) is 8.78. The fourth-order valence-electron chi connectivity index (χ4n) is 1.31. The van der Waals surface area contributed by atoms with Gasteiger partial charge in [0.1, 0.15) is 5.69 Å². The van der Waals surface area contributed by atoms with Crippen LogP contribution in [0, 0.1) is 6.92 Å². The largest absolute Gasteiger partial charge is 0.347 e. The number of hydrogen-bond donors (Lipinski definition) is 0. The predicted molar refractivity (Wildman–Crippen MR) is 53.5 cm³/mol. The van der Waals surface area contributed by atoms with Gasteiger partial charge < -0.3 is 0 Å². The van der Waals surface area contributed by atoms with Crippen molar-refractivity contribution < 1.29 is 0 Å². The third kappa shape index (κ3) is 1.76. The second-order valence-corrected chi connectivity index (χ2v) is 3.14. The highest BCUT2D eigenvalue weighted by atomic mass is 16.2. The molecule has 5 nitrogen and oxygen atoms in total. The summed E-state index contributed by atoms with van der Waals surface area (Å²) in [6.07, 6.45) is 0.766. The molecule has 0 N–H and O–H groups in total. The Labute approximate surface area is 82.0 Å². The van der Waals surface area contributed by atoms with Gasteiger partial charge in [0.25, 0.3) is 5.56 Å². The van der Waals surface area contributed by atoms with Gasteiger partial charge in [-0.2, -0.15) is 5.10 Å². The Balaban J connectivity index is 3.45. The Hall–Kier alpha value is -1.39. The molecule has 0 saturated carbocycles. The van der Waals surface area contributed by atoms with Crippen LogP contribution in [0.5, 0.6) is 0 Å². The van der Waals surface area contributed by atoms with Crippen molar-refractivity contribution in [1.29, 1.82) is 0 Å². The van der Waals surface area contributed by atoms with Crippen molar-refractivity contribution in [3.05, 3.63) is 26.5 Å². The van der Waals surface area contributed by atoms with Crippen LogP contribution in [-0.2, 0) is 13.1 Å². The molecule has 0 aliphatic carbocycles. The van der Waals surface area contributed by atoms with Crippen molar-refractivity contribution >= 4 is 0 Å². The van der Waals surface area contributed by atoms with E-state index < -0.39 is 0 Å². The van der Waals surface area contributed by atoms with E-state index in [1.54, 1.807) is 6.92 Å². The van der Waals surface area contributed by atoms with Crippen LogP contribution in [0.2, 0.25) is 0 Å². The van der Waals surface area contributed by atoms with Crippen LogP contribution in [0.15, 0.2) is 9.59 Å². The summed E-state index contributed by atoms with van der Waals surface area (Å²) in [7, 11) is 0. The summed E-state index contributed by atoms with van der Waals surface area (Å²) in [4.78, 5) is 23.2. The van der Waals surface area contributed by atoms with Crippen molar-refractivity contribution in [2.75, 3.05) is 0 Å². The SMILES string of the molecule is CCCn1c(=O)c(C)nn(CC)c1=O. The Kier molecular flexibility index (Phi) is 3.22. The lowest BCUT2D eigenvalue weighted by Gasteiger charge is -2.07. The van der Waals surface area contributed by atoms with E-state index >= 15 is 0 Å². The van der Waals surface area contributed by atoms with E-state index in [1.165, 1.54) is 9.25 Å². The molecule has 0 aliphatic rings. The summed E-state index contributed by atoms with van der Waals surface area (Å²) in [6.45, 7) is 6.33. The molecule has 0 aromatic carbocycles. The first-order valence-electron chi connectivity index (χ1n) is 4.80. The molecule has 0 atom stereocenters. The first-order chi connectivity index (χ1) is 6.61. The summed E-state index contributed by atoms with van der Waals surface area (Å²) >= 11 is 0. The molecule has 1 aromatic heterocycles. The molecule has 0 aliphatic heterocycles. The molecule has 0 bridgehead atoms. The van der Waals surface area contributed by atoms with Gasteiger partial charge in [0, 0.05) is 13.1 Å². The Morgan fingerprint density at radius 2 is 1.93 bits per heavy atom. The summed E-state index contributed by atoms with van der Waals surface area (Å²) < 4.78 is 2.55. The van der Waals surface area contributed by atoms with E-state index in [4.69, 9.17) is 0 Å². The van der Waals surface area contributed by atoms with E-state index in [1.807, 2.05) is 13.8 Å². The van der Waals surface area contributed by atoms with Gasteiger partial charge in [-0.15, -0.1) is 0 Å². The van der Waals surface area contributed by atoms with Gasteiger partial charge in [0.05, 0.1) is 0 Å². The number of rotatable bonds is 3. The second-order valence-electron chi connectivity index (χ2n) is 3.14. The molecular weight excluding hydrogens is 182 g/mol. The van der Waals surface area contributed by atoms with E-state index in [9.17, 15) is 9.59 Å². The van der Waals surface area contributed by atoms with Gasteiger partial charge in [-0.05, 0) is 20.3 Å². The monoisotopic (exact) mass is 197 g/mol. The van der Waals surface area contributed by atoms with Crippen molar-refractivity contribution in [3.63, 3.8) is 0 Å². The van der Waals surface area contributed by atoms with Crippen molar-refractivity contribution in [3.8, 4) is 0 Å². The zero-order valence-electron chi connectivity index (χ0n) is 8.78. The fourth-order valence-corrected chi connectivity index (χ4v) is 1.31. The number of aromatic nitrogens is 3. The number of aryl methyl sites for hydroxylation is 2. The smallest absolute Gasteiger partial charge is 0.267 e. The minimum atomic E-state index is -0.315. The number of hydrogen-bond acceptors (Lipinski definition) is 3. The normalized spacial score (nSPS) is 10.5. The third-order valence-corrected chi connectivity index (χ3v) is 2.02. The lowest BCUT2D eigenvalue weighted by Crippen LogP contribution is -2.42. The summed E-state index contributed by atoms with van der Waals surface area (Å²) in [5, 5.41) is 3.90. The maximum Gasteiger partial charge on any atom is 0.347 e. The summed E-state index contributed by atoms with van der Waals surface area (Å²) in [5.74, 6) is 0. The molecule has 78 valence electrons. The molecule has 0 amide bonds. The highest BCUT2D eigenvalue weighted by Crippen LogP contribution is 1.83. The van der Waals surface area contributed by atoms with Gasteiger partial charge in [-0.25, -0.2) is 9.48 Å². The van der Waals surface area contributed by atoms with Crippen LogP contribution in [0.4, 0.5) is 0 Å². The predicted octanol–water partition coefficient (Wildman–Crippen LogP) is 0.143. The molecule has 1 heterocycles. The molecule has 0 saturated heterocycles. The average molecular weight is 197 g/mol. The molecule has 0 radical (unpaired) electrons. The van der Waals surface area contributed by atoms with Crippen LogP contribution in [0.1, 0.15) is 26.0 Å². The molecule has 0 fully saturated rings. The van der Waals surface area contributed by atoms with E-state index in [-0.39, 0.29) is 11.2 Å². The van der Waals surface area contributed by atoms with Crippen LogP contribution in [-0.4, -0.2) is 14.3 Å². The van der Waals surface area contributed by atoms with Crippen molar-refractivity contribution in [1.82, 2.24) is 14.3 Å². The molecule has 1 aromatic rings. The highest BCUT2D eigenvalue weighted by Gasteiger charge is 2.07. The van der Waals surface area contributed by atoms with E-state index in [0.717, 1.165) is 6.42 Å². The van der Waals surface area contributed by atoms with Crippen LogP contribution >= 0.6 is 0 Å². The minimum absolute atomic E-state index is 0.276. The standard InChI is InChI=1S/C9H15N3O2/c1-4-6-11-8(13)7(3)10-12(5-2)9(11)14/h4-6H2,1-3H3. The number of nitrogens with zero attached hydrogens (tertiary/aromatic N) is 3. The Morgan fingerprint density at radius 1 is 1.29 bits per heavy atom. The first kappa shape index (κ1) is 10.7. The summed E-state index contributed by atoms with van der Waals surface area (Å²) in [5.41, 5.74) is -0.216. The zero-order chi connectivity index (χ0) is 10.7. The van der Waals surface area contributed by atoms with E-state index in [2.05, 4.69) is 5.10 Å². The lowest BCUT2D eigenvalue weighted by molar-refractivity contribution is 0.496. The van der Waals surface area contributed by atoms with Crippen molar-refractivity contribution in [2.24, 2.45) is 0 Å². The molecule has 1 rings (SSSR count). The van der Waals surface area contributed by atoms with Gasteiger partial charge in [-0.3, -0.25) is 9.36 Å².